The molecular weight excluding hydrogens is 224 g/mol. The van der Waals surface area contributed by atoms with Crippen molar-refractivity contribution in [2.75, 3.05) is 6.54 Å². The molecule has 2 aliphatic rings. The molecule has 1 heterocycles. The van der Waals surface area contributed by atoms with Crippen molar-refractivity contribution in [3.8, 4) is 0 Å². The van der Waals surface area contributed by atoms with E-state index in [1.165, 1.54) is 25.7 Å². The number of carbonyl (C=O) groups is 1. The monoisotopic (exact) mass is 252 g/mol. The maximum absolute atomic E-state index is 12.1. The highest BCUT2D eigenvalue weighted by Gasteiger charge is 2.27. The number of rotatable bonds is 3. The van der Waals surface area contributed by atoms with Gasteiger partial charge in [-0.15, -0.1) is 0 Å². The molecule has 1 aliphatic heterocycles. The van der Waals surface area contributed by atoms with Gasteiger partial charge in [-0.25, -0.2) is 0 Å². The van der Waals surface area contributed by atoms with Crippen LogP contribution in [0.1, 0.15) is 58.8 Å². The zero-order valence-corrected chi connectivity index (χ0v) is 11.9. The molecule has 2 rings (SSSR count). The van der Waals surface area contributed by atoms with Crippen LogP contribution in [0.15, 0.2) is 0 Å². The Balaban J connectivity index is 1.73. The minimum atomic E-state index is 0.251. The predicted octanol–water partition coefficient (Wildman–Crippen LogP) is 2.46. The molecule has 0 aromatic carbocycles. The summed E-state index contributed by atoms with van der Waals surface area (Å²) >= 11 is 0. The van der Waals surface area contributed by atoms with E-state index < -0.39 is 0 Å². The second-order valence-electron chi connectivity index (χ2n) is 6.42. The van der Waals surface area contributed by atoms with Crippen molar-refractivity contribution in [1.29, 1.82) is 0 Å². The van der Waals surface area contributed by atoms with Crippen LogP contribution in [0.4, 0.5) is 0 Å². The van der Waals surface area contributed by atoms with Crippen LogP contribution >= 0.6 is 0 Å². The normalized spacial score (nSPS) is 37.2. The Bertz CT molecular complexity index is 274. The van der Waals surface area contributed by atoms with Crippen molar-refractivity contribution in [3.05, 3.63) is 0 Å². The first-order valence-corrected chi connectivity index (χ1v) is 7.68. The van der Waals surface area contributed by atoms with E-state index in [1.807, 2.05) is 0 Å². The van der Waals surface area contributed by atoms with Gasteiger partial charge in [-0.2, -0.15) is 0 Å². The van der Waals surface area contributed by atoms with Crippen LogP contribution < -0.4 is 10.6 Å². The molecule has 1 amide bonds. The van der Waals surface area contributed by atoms with E-state index >= 15 is 0 Å². The average molecular weight is 252 g/mol. The summed E-state index contributed by atoms with van der Waals surface area (Å²) in [6.07, 6.45) is 8.02. The van der Waals surface area contributed by atoms with Crippen LogP contribution in [0.3, 0.4) is 0 Å². The molecule has 3 heteroatoms. The van der Waals surface area contributed by atoms with Crippen molar-refractivity contribution >= 4 is 5.91 Å². The third kappa shape index (κ3) is 3.98. The van der Waals surface area contributed by atoms with E-state index in [1.54, 1.807) is 0 Å². The maximum atomic E-state index is 12.1. The minimum absolute atomic E-state index is 0.251. The summed E-state index contributed by atoms with van der Waals surface area (Å²) in [6.45, 7) is 5.68. The van der Waals surface area contributed by atoms with Gasteiger partial charge in [-0.05, 0) is 50.5 Å². The molecule has 0 bridgehead atoms. The Morgan fingerprint density at radius 1 is 1.22 bits per heavy atom. The van der Waals surface area contributed by atoms with E-state index in [9.17, 15) is 4.79 Å². The molecule has 1 aliphatic carbocycles. The highest BCUT2D eigenvalue weighted by atomic mass is 16.1. The highest BCUT2D eigenvalue weighted by Crippen LogP contribution is 2.28. The van der Waals surface area contributed by atoms with Gasteiger partial charge >= 0.3 is 0 Å². The molecule has 4 atom stereocenters. The van der Waals surface area contributed by atoms with Crippen LogP contribution in [0.5, 0.6) is 0 Å². The van der Waals surface area contributed by atoms with Crippen LogP contribution in [0.2, 0.25) is 0 Å². The molecular formula is C15H28N2O. The van der Waals surface area contributed by atoms with Gasteiger partial charge in [0.25, 0.3) is 0 Å². The van der Waals surface area contributed by atoms with E-state index in [2.05, 4.69) is 24.5 Å². The molecule has 104 valence electrons. The number of hydrogen-bond donors (Lipinski definition) is 2. The molecule has 0 spiro atoms. The molecule has 0 radical (unpaired) electrons. The second kappa shape index (κ2) is 6.55. The SMILES string of the molecule is CC1CCC(NC(=O)CC2CCCCN2)C(C)C1. The summed E-state index contributed by atoms with van der Waals surface area (Å²) in [5.41, 5.74) is 0. The molecule has 0 aromatic rings. The van der Waals surface area contributed by atoms with Gasteiger partial charge in [-0.3, -0.25) is 4.79 Å². The van der Waals surface area contributed by atoms with Crippen LogP contribution in [-0.2, 0) is 4.79 Å². The smallest absolute Gasteiger partial charge is 0.221 e. The van der Waals surface area contributed by atoms with Crippen LogP contribution in [0.25, 0.3) is 0 Å². The zero-order valence-electron chi connectivity index (χ0n) is 11.9. The topological polar surface area (TPSA) is 41.1 Å². The maximum Gasteiger partial charge on any atom is 0.221 e. The third-order valence-corrected chi connectivity index (χ3v) is 4.62. The first-order chi connectivity index (χ1) is 8.65. The highest BCUT2D eigenvalue weighted by molar-refractivity contribution is 5.77. The third-order valence-electron chi connectivity index (χ3n) is 4.62. The fourth-order valence-electron chi connectivity index (χ4n) is 3.47. The molecule has 3 nitrogen and oxygen atoms in total. The Kier molecular flexibility index (Phi) is 5.04. The standard InChI is InChI=1S/C15H28N2O/c1-11-6-7-14(12(2)9-11)17-15(18)10-13-5-3-4-8-16-13/h11-14,16H,3-10H2,1-2H3,(H,17,18). The van der Waals surface area contributed by atoms with Crippen molar-refractivity contribution in [2.45, 2.75) is 70.9 Å². The summed E-state index contributed by atoms with van der Waals surface area (Å²) in [6, 6.07) is 0.828. The number of carbonyl (C=O) groups excluding carboxylic acids is 1. The minimum Gasteiger partial charge on any atom is -0.353 e. The average Bonchev–Trinajstić information content (AvgIpc) is 2.34. The van der Waals surface area contributed by atoms with E-state index in [0.717, 1.165) is 25.3 Å². The van der Waals surface area contributed by atoms with Gasteiger partial charge in [0.2, 0.25) is 5.91 Å². The Labute approximate surface area is 111 Å². The molecule has 2 fully saturated rings. The second-order valence-corrected chi connectivity index (χ2v) is 6.42. The fourth-order valence-corrected chi connectivity index (χ4v) is 3.47. The van der Waals surface area contributed by atoms with Crippen molar-refractivity contribution in [3.63, 3.8) is 0 Å². The molecule has 2 N–H and O–H groups in total. The van der Waals surface area contributed by atoms with E-state index in [0.29, 0.717) is 24.4 Å². The molecule has 18 heavy (non-hydrogen) atoms. The number of piperidine rings is 1. The van der Waals surface area contributed by atoms with Gasteiger partial charge < -0.3 is 10.6 Å². The Morgan fingerprint density at radius 2 is 2.06 bits per heavy atom. The number of nitrogens with one attached hydrogen (secondary N) is 2. The summed E-state index contributed by atoms with van der Waals surface area (Å²) in [5, 5.41) is 6.70. The predicted molar refractivity (Wildman–Crippen MR) is 74.4 cm³/mol. The largest absolute Gasteiger partial charge is 0.353 e. The van der Waals surface area contributed by atoms with Gasteiger partial charge in [-0.1, -0.05) is 20.3 Å². The van der Waals surface area contributed by atoms with E-state index in [-0.39, 0.29) is 5.91 Å². The van der Waals surface area contributed by atoms with Gasteiger partial charge in [0.05, 0.1) is 0 Å². The first-order valence-electron chi connectivity index (χ1n) is 7.68. The Hall–Kier alpha value is -0.570. The fraction of sp³-hybridized carbons (Fsp3) is 0.933. The molecule has 4 unspecified atom stereocenters. The first kappa shape index (κ1) is 13.9. The lowest BCUT2D eigenvalue weighted by Gasteiger charge is -2.33. The Morgan fingerprint density at radius 3 is 2.72 bits per heavy atom. The lowest BCUT2D eigenvalue weighted by atomic mass is 9.80. The van der Waals surface area contributed by atoms with Crippen LogP contribution in [0, 0.1) is 11.8 Å². The lowest BCUT2D eigenvalue weighted by Crippen LogP contribution is -2.45. The van der Waals surface area contributed by atoms with Crippen molar-refractivity contribution < 1.29 is 4.79 Å². The molecule has 1 saturated carbocycles. The van der Waals surface area contributed by atoms with Crippen molar-refractivity contribution in [2.24, 2.45) is 11.8 Å². The zero-order chi connectivity index (χ0) is 13.0. The quantitative estimate of drug-likeness (QED) is 0.810. The summed E-state index contributed by atoms with van der Waals surface area (Å²) in [7, 11) is 0. The number of amides is 1. The van der Waals surface area contributed by atoms with Gasteiger partial charge in [0.1, 0.15) is 0 Å². The molecule has 0 aromatic heterocycles. The molecule has 1 saturated heterocycles. The summed E-state index contributed by atoms with van der Waals surface area (Å²) in [5.74, 6) is 1.71. The van der Waals surface area contributed by atoms with Gasteiger partial charge in [0.15, 0.2) is 0 Å². The number of hydrogen-bond acceptors (Lipinski definition) is 2. The van der Waals surface area contributed by atoms with E-state index in [4.69, 9.17) is 0 Å². The van der Waals surface area contributed by atoms with Crippen molar-refractivity contribution in [1.82, 2.24) is 10.6 Å². The lowest BCUT2D eigenvalue weighted by molar-refractivity contribution is -0.123. The summed E-state index contributed by atoms with van der Waals surface area (Å²) < 4.78 is 0. The van der Waals surface area contributed by atoms with Crippen LogP contribution in [-0.4, -0.2) is 24.5 Å². The van der Waals surface area contributed by atoms with Gasteiger partial charge in [0, 0.05) is 18.5 Å². The summed E-state index contributed by atoms with van der Waals surface area (Å²) in [4.78, 5) is 12.1.